The Morgan fingerprint density at radius 3 is 2.36 bits per heavy atom. The molecular weight excluding hydrogens is 448 g/mol. The Bertz CT molecular complexity index is 802. The minimum atomic E-state index is -4.62. The molecule has 1 aromatic carbocycles. The lowest BCUT2D eigenvalue weighted by atomic mass is 10.2. The number of alkyl halides is 3. The van der Waals surface area contributed by atoms with Crippen LogP contribution in [0.4, 0.5) is 17.6 Å². The van der Waals surface area contributed by atoms with E-state index in [2.05, 4.69) is 5.32 Å². The quantitative estimate of drug-likeness (QED) is 0.396. The number of rotatable bonds is 10. The molecule has 1 unspecified atom stereocenters. The van der Waals surface area contributed by atoms with Crippen LogP contribution in [0.1, 0.15) is 25.8 Å². The van der Waals surface area contributed by atoms with Gasteiger partial charge in [0.2, 0.25) is 12.8 Å². The highest BCUT2D eigenvalue weighted by Crippen LogP contribution is 2.28. The molecule has 1 aliphatic heterocycles. The standard InChI is InChI=1S/C19H24F4N4O4.C2H6/c1-25(8-3-9-28)17(30)15-16(26(2)12-29)24-18(31-11-19(21,22)23)27(15)10-13-4-6-14(20)7-5-13;1-2/h4-7,12,18,24,28H,3,8-11H2,1-2H3;1-2H3. The normalized spacial score (nSPS) is 15.5. The Hall–Kier alpha value is -2.86. The zero-order valence-corrected chi connectivity index (χ0v) is 19.0. The Labute approximate surface area is 190 Å². The third kappa shape index (κ3) is 8.21. The molecule has 0 radical (unpaired) electrons. The van der Waals surface area contributed by atoms with Gasteiger partial charge in [0.25, 0.3) is 5.91 Å². The smallest absolute Gasteiger partial charge is 0.396 e. The first-order valence-corrected chi connectivity index (χ1v) is 10.3. The predicted molar refractivity (Wildman–Crippen MR) is 112 cm³/mol. The van der Waals surface area contributed by atoms with Crippen LogP contribution in [0, 0.1) is 5.82 Å². The van der Waals surface area contributed by atoms with Crippen LogP contribution in [0.5, 0.6) is 0 Å². The van der Waals surface area contributed by atoms with Crippen LogP contribution < -0.4 is 5.32 Å². The molecule has 0 aliphatic carbocycles. The van der Waals surface area contributed by atoms with E-state index in [9.17, 15) is 27.2 Å². The molecule has 0 bridgehead atoms. The number of nitrogens with zero attached hydrogens (tertiary/aromatic N) is 3. The van der Waals surface area contributed by atoms with Gasteiger partial charge in [-0.15, -0.1) is 0 Å². The van der Waals surface area contributed by atoms with Gasteiger partial charge in [-0.1, -0.05) is 26.0 Å². The number of hydrogen-bond donors (Lipinski definition) is 2. The van der Waals surface area contributed by atoms with Crippen LogP contribution >= 0.6 is 0 Å². The number of likely N-dealkylation sites (N-methyl/N-ethyl adjacent to an activating group) is 1. The summed E-state index contributed by atoms with van der Waals surface area (Å²) in [7, 11) is 2.79. The monoisotopic (exact) mass is 478 g/mol. The predicted octanol–water partition coefficient (Wildman–Crippen LogP) is 2.22. The molecule has 0 aromatic heterocycles. The molecule has 0 saturated carbocycles. The van der Waals surface area contributed by atoms with E-state index in [0.29, 0.717) is 12.0 Å². The second-order valence-electron chi connectivity index (χ2n) is 6.89. The molecule has 1 aromatic rings. The van der Waals surface area contributed by atoms with Crippen molar-refractivity contribution in [1.82, 2.24) is 20.0 Å². The van der Waals surface area contributed by atoms with Gasteiger partial charge in [0.15, 0.2) is 0 Å². The summed E-state index contributed by atoms with van der Waals surface area (Å²) in [6, 6.07) is 5.22. The maximum absolute atomic E-state index is 13.3. The molecule has 1 heterocycles. The van der Waals surface area contributed by atoms with Gasteiger partial charge in [-0.25, -0.2) is 4.39 Å². The van der Waals surface area contributed by atoms with Crippen LogP contribution in [-0.4, -0.2) is 78.5 Å². The number of hydrogen-bond acceptors (Lipinski definition) is 6. The van der Waals surface area contributed by atoms with Gasteiger partial charge < -0.3 is 29.9 Å². The zero-order valence-electron chi connectivity index (χ0n) is 19.0. The molecule has 2 N–H and O–H groups in total. The van der Waals surface area contributed by atoms with Crippen molar-refractivity contribution in [1.29, 1.82) is 0 Å². The minimum Gasteiger partial charge on any atom is -0.396 e. The van der Waals surface area contributed by atoms with Crippen molar-refractivity contribution < 1.29 is 37.0 Å². The largest absolute Gasteiger partial charge is 0.411 e. The van der Waals surface area contributed by atoms with Gasteiger partial charge in [0.05, 0.1) is 0 Å². The van der Waals surface area contributed by atoms with Crippen molar-refractivity contribution in [3.05, 3.63) is 47.2 Å². The molecule has 0 fully saturated rings. The molecule has 1 aliphatic rings. The van der Waals surface area contributed by atoms with Crippen LogP contribution in [0.25, 0.3) is 0 Å². The number of carbonyl (C=O) groups is 2. The second-order valence-corrected chi connectivity index (χ2v) is 6.89. The number of aliphatic hydroxyl groups excluding tert-OH is 1. The lowest BCUT2D eigenvalue weighted by Crippen LogP contribution is -2.44. The van der Waals surface area contributed by atoms with Crippen LogP contribution in [0.3, 0.4) is 0 Å². The summed E-state index contributed by atoms with van der Waals surface area (Å²) in [6.07, 6.45) is -5.35. The third-order valence-corrected chi connectivity index (χ3v) is 4.44. The number of ether oxygens (including phenoxy) is 1. The number of amides is 2. The van der Waals surface area contributed by atoms with Crippen molar-refractivity contribution in [3.8, 4) is 0 Å². The summed E-state index contributed by atoms with van der Waals surface area (Å²) in [5.41, 5.74) is 0.411. The summed E-state index contributed by atoms with van der Waals surface area (Å²) in [4.78, 5) is 28.0. The van der Waals surface area contributed by atoms with Crippen molar-refractivity contribution >= 4 is 12.3 Å². The Kier molecular flexibility index (Phi) is 11.1. The van der Waals surface area contributed by atoms with Crippen molar-refractivity contribution in [3.63, 3.8) is 0 Å². The van der Waals surface area contributed by atoms with Gasteiger partial charge in [-0.05, 0) is 24.1 Å². The SMILES string of the molecule is CC.CN(C=O)C1=C(C(=O)N(C)CCCO)N(Cc2ccc(F)cc2)C(OCC(F)(F)F)N1. The lowest BCUT2D eigenvalue weighted by Gasteiger charge is -2.30. The van der Waals surface area contributed by atoms with Crippen LogP contribution in [-0.2, 0) is 20.9 Å². The molecule has 1 atom stereocenters. The van der Waals surface area contributed by atoms with E-state index in [1.165, 1.54) is 48.2 Å². The van der Waals surface area contributed by atoms with Gasteiger partial charge >= 0.3 is 6.18 Å². The van der Waals surface area contributed by atoms with E-state index in [-0.39, 0.29) is 37.6 Å². The van der Waals surface area contributed by atoms with Gasteiger partial charge in [0, 0.05) is 33.8 Å². The fraction of sp³-hybridized carbons (Fsp3) is 0.524. The molecule has 2 amide bonds. The Morgan fingerprint density at radius 2 is 1.85 bits per heavy atom. The number of benzene rings is 1. The molecule has 12 heteroatoms. The molecule has 186 valence electrons. The van der Waals surface area contributed by atoms with Crippen molar-refractivity contribution in [2.24, 2.45) is 0 Å². The minimum absolute atomic E-state index is 0.0369. The summed E-state index contributed by atoms with van der Waals surface area (Å²) >= 11 is 0. The first kappa shape index (κ1) is 28.2. The summed E-state index contributed by atoms with van der Waals surface area (Å²) in [5, 5.41) is 11.7. The average Bonchev–Trinajstić information content (AvgIpc) is 3.15. The number of carbonyl (C=O) groups excluding carboxylic acids is 2. The zero-order chi connectivity index (χ0) is 25.2. The highest BCUT2D eigenvalue weighted by atomic mass is 19.4. The first-order chi connectivity index (χ1) is 15.6. The van der Waals surface area contributed by atoms with Crippen LogP contribution in [0.2, 0.25) is 0 Å². The third-order valence-electron chi connectivity index (χ3n) is 4.44. The highest BCUT2D eigenvalue weighted by Gasteiger charge is 2.41. The van der Waals surface area contributed by atoms with E-state index in [0.717, 1.165) is 4.90 Å². The Balaban J connectivity index is 0.00000265. The Morgan fingerprint density at radius 1 is 1.24 bits per heavy atom. The van der Waals surface area contributed by atoms with E-state index < -0.39 is 30.9 Å². The number of nitrogens with one attached hydrogen (secondary N) is 1. The van der Waals surface area contributed by atoms with Crippen molar-refractivity contribution in [2.45, 2.75) is 39.3 Å². The molecule has 8 nitrogen and oxygen atoms in total. The second kappa shape index (κ2) is 13.0. The number of halogens is 4. The summed E-state index contributed by atoms with van der Waals surface area (Å²) in [6.45, 7) is 2.33. The maximum atomic E-state index is 13.3. The molecule has 0 saturated heterocycles. The molecular formula is C21H30F4N4O4. The van der Waals surface area contributed by atoms with E-state index in [1.54, 1.807) is 0 Å². The molecule has 0 spiro atoms. The summed E-state index contributed by atoms with van der Waals surface area (Å²) < 4.78 is 56.5. The highest BCUT2D eigenvalue weighted by molar-refractivity contribution is 5.94. The van der Waals surface area contributed by atoms with Gasteiger partial charge in [0.1, 0.15) is 23.9 Å². The van der Waals surface area contributed by atoms with Gasteiger partial charge in [-0.2, -0.15) is 13.2 Å². The lowest BCUT2D eigenvalue weighted by molar-refractivity contribution is -0.202. The fourth-order valence-electron chi connectivity index (χ4n) is 2.91. The topological polar surface area (TPSA) is 85.4 Å². The van der Waals surface area contributed by atoms with Crippen LogP contribution in [0.15, 0.2) is 35.8 Å². The maximum Gasteiger partial charge on any atom is 0.411 e. The van der Waals surface area contributed by atoms with E-state index in [4.69, 9.17) is 9.84 Å². The number of aliphatic hydroxyl groups is 1. The average molecular weight is 478 g/mol. The van der Waals surface area contributed by atoms with Gasteiger partial charge in [-0.3, -0.25) is 9.59 Å². The van der Waals surface area contributed by atoms with E-state index >= 15 is 0 Å². The van der Waals surface area contributed by atoms with Crippen molar-refractivity contribution in [2.75, 3.05) is 33.9 Å². The van der Waals surface area contributed by atoms with E-state index in [1.807, 2.05) is 13.8 Å². The fourth-order valence-corrected chi connectivity index (χ4v) is 2.91. The molecule has 2 rings (SSSR count). The summed E-state index contributed by atoms with van der Waals surface area (Å²) in [5.74, 6) is -1.12. The molecule has 33 heavy (non-hydrogen) atoms. The first-order valence-electron chi connectivity index (χ1n) is 10.3.